The fraction of sp³-hybridized carbons (Fsp3) is 0.467. The van der Waals surface area contributed by atoms with E-state index in [0.717, 1.165) is 24.2 Å². The van der Waals surface area contributed by atoms with Crippen molar-refractivity contribution in [3.63, 3.8) is 0 Å². The summed E-state index contributed by atoms with van der Waals surface area (Å²) in [6.07, 6.45) is 1.89. The third-order valence-electron chi connectivity index (χ3n) is 3.67. The molecular weight excluding hydrogens is 290 g/mol. The van der Waals surface area contributed by atoms with Gasteiger partial charge in [-0.15, -0.1) is 5.10 Å². The first-order valence-corrected chi connectivity index (χ1v) is 7.43. The Morgan fingerprint density at radius 3 is 2.62 bits per heavy atom. The van der Waals surface area contributed by atoms with Crippen LogP contribution in [0, 0.1) is 0 Å². The highest BCUT2D eigenvalue weighted by Crippen LogP contribution is 2.32. The van der Waals surface area contributed by atoms with Gasteiger partial charge in [-0.25, -0.2) is 4.68 Å². The average Bonchev–Trinajstić information content (AvgIpc) is 2.92. The first kappa shape index (κ1) is 15.8. The average molecular weight is 310 g/mol. The first-order chi connectivity index (χ1) is 10.2. The number of methoxy groups -OCH3 is 1. The minimum atomic E-state index is -0.130. The lowest BCUT2D eigenvalue weighted by Crippen LogP contribution is -2.10. The van der Waals surface area contributed by atoms with Crippen molar-refractivity contribution < 1.29 is 9.84 Å². The number of benzene rings is 1. The molecular formula is C15H20ClN3O2. The Hall–Kier alpha value is -1.59. The number of hydrogen-bond donors (Lipinski definition) is 1. The molecule has 5 nitrogen and oxygen atoms in total. The van der Waals surface area contributed by atoms with E-state index >= 15 is 0 Å². The number of aliphatic hydroxyl groups is 1. The molecule has 0 bridgehead atoms. The summed E-state index contributed by atoms with van der Waals surface area (Å²) in [5.41, 5.74) is 2.26. The second kappa shape index (κ2) is 6.91. The molecule has 0 atom stereocenters. The molecule has 0 radical (unpaired) electrons. The van der Waals surface area contributed by atoms with Gasteiger partial charge in [0, 0.05) is 10.9 Å². The minimum Gasteiger partial charge on any atom is -0.494 e. The Labute approximate surface area is 129 Å². The molecule has 0 aliphatic heterocycles. The van der Waals surface area contributed by atoms with Gasteiger partial charge in [0.2, 0.25) is 0 Å². The monoisotopic (exact) mass is 309 g/mol. The van der Waals surface area contributed by atoms with Crippen molar-refractivity contribution in [2.24, 2.45) is 0 Å². The summed E-state index contributed by atoms with van der Waals surface area (Å²) in [5, 5.41) is 18.4. The Bertz CT molecular complexity index is 609. The number of halogens is 1. The molecule has 0 saturated carbocycles. The van der Waals surface area contributed by atoms with E-state index in [1.54, 1.807) is 30.0 Å². The maximum atomic E-state index is 9.53. The van der Waals surface area contributed by atoms with Gasteiger partial charge >= 0.3 is 0 Å². The van der Waals surface area contributed by atoms with Crippen LogP contribution < -0.4 is 4.74 Å². The summed E-state index contributed by atoms with van der Waals surface area (Å²) < 4.78 is 7.12. The molecule has 2 rings (SSSR count). The lowest BCUT2D eigenvalue weighted by atomic mass is 9.97. The van der Waals surface area contributed by atoms with Gasteiger partial charge in [-0.2, -0.15) is 0 Å². The zero-order chi connectivity index (χ0) is 15.4. The Balaban J connectivity index is 2.64. The molecule has 1 aromatic carbocycles. The molecule has 0 spiro atoms. The van der Waals surface area contributed by atoms with E-state index in [2.05, 4.69) is 24.2 Å². The van der Waals surface area contributed by atoms with Crippen LogP contribution in [0.15, 0.2) is 18.2 Å². The summed E-state index contributed by atoms with van der Waals surface area (Å²) in [6, 6.07) is 5.36. The summed E-state index contributed by atoms with van der Waals surface area (Å²) in [4.78, 5) is 0. The maximum Gasteiger partial charge on any atom is 0.144 e. The number of aliphatic hydroxyl groups excluding tert-OH is 1. The van der Waals surface area contributed by atoms with Crippen LogP contribution in [0.3, 0.4) is 0 Å². The highest BCUT2D eigenvalue weighted by Gasteiger charge is 2.22. The summed E-state index contributed by atoms with van der Waals surface area (Å²) in [7, 11) is 1.60. The van der Waals surface area contributed by atoms with Crippen LogP contribution in [-0.2, 0) is 6.61 Å². The van der Waals surface area contributed by atoms with Crippen LogP contribution in [0.4, 0.5) is 0 Å². The fourth-order valence-electron chi connectivity index (χ4n) is 2.52. The van der Waals surface area contributed by atoms with Crippen molar-refractivity contribution >= 4 is 11.6 Å². The fourth-order valence-corrected chi connectivity index (χ4v) is 2.69. The quantitative estimate of drug-likeness (QED) is 0.889. The van der Waals surface area contributed by atoms with E-state index in [-0.39, 0.29) is 12.5 Å². The Morgan fingerprint density at radius 1 is 1.33 bits per heavy atom. The predicted octanol–water partition coefficient (Wildman–Crippen LogP) is 3.33. The van der Waals surface area contributed by atoms with E-state index in [0.29, 0.717) is 16.5 Å². The molecule has 1 aromatic heterocycles. The molecule has 0 saturated heterocycles. The lowest BCUT2D eigenvalue weighted by Gasteiger charge is -2.17. The van der Waals surface area contributed by atoms with Crippen molar-refractivity contribution in [2.75, 3.05) is 7.11 Å². The van der Waals surface area contributed by atoms with Crippen LogP contribution in [0.2, 0.25) is 5.02 Å². The summed E-state index contributed by atoms with van der Waals surface area (Å²) in [5.74, 6) is 0.937. The Morgan fingerprint density at radius 2 is 2.05 bits per heavy atom. The van der Waals surface area contributed by atoms with E-state index in [4.69, 9.17) is 16.3 Å². The van der Waals surface area contributed by atoms with Gasteiger partial charge < -0.3 is 9.84 Å². The molecule has 0 amide bonds. The molecule has 6 heteroatoms. The summed E-state index contributed by atoms with van der Waals surface area (Å²) >= 11 is 6.10. The van der Waals surface area contributed by atoms with Gasteiger partial charge in [0.15, 0.2) is 0 Å². The zero-order valence-corrected chi connectivity index (χ0v) is 13.3. The van der Waals surface area contributed by atoms with E-state index in [9.17, 15) is 5.11 Å². The van der Waals surface area contributed by atoms with Gasteiger partial charge in [-0.05, 0) is 31.0 Å². The lowest BCUT2D eigenvalue weighted by molar-refractivity contribution is 0.274. The standard InChI is InChI=1S/C15H20ClN3O2/c1-4-10(5-2)15-12(9-20)17-18-19(15)13-8-11(16)6-7-14(13)21-3/h6-8,10,20H,4-5,9H2,1-3H3. The van der Waals surface area contributed by atoms with Crippen LogP contribution in [0.5, 0.6) is 5.75 Å². The van der Waals surface area contributed by atoms with E-state index < -0.39 is 0 Å². The molecule has 0 aliphatic carbocycles. The van der Waals surface area contributed by atoms with Gasteiger partial charge in [0.25, 0.3) is 0 Å². The zero-order valence-electron chi connectivity index (χ0n) is 12.5. The Kier molecular flexibility index (Phi) is 5.20. The third-order valence-corrected chi connectivity index (χ3v) is 3.90. The SMILES string of the molecule is CCC(CC)c1c(CO)nnn1-c1cc(Cl)ccc1OC. The number of ether oxygens (including phenoxy) is 1. The molecule has 1 N–H and O–H groups in total. The highest BCUT2D eigenvalue weighted by molar-refractivity contribution is 6.30. The van der Waals surface area contributed by atoms with Crippen molar-refractivity contribution in [1.29, 1.82) is 0 Å². The van der Waals surface area contributed by atoms with Crippen molar-refractivity contribution in [3.05, 3.63) is 34.6 Å². The van der Waals surface area contributed by atoms with Gasteiger partial charge in [-0.1, -0.05) is 30.7 Å². The topological polar surface area (TPSA) is 60.2 Å². The molecule has 21 heavy (non-hydrogen) atoms. The van der Waals surface area contributed by atoms with E-state index in [1.807, 2.05) is 0 Å². The van der Waals surface area contributed by atoms with Gasteiger partial charge in [0.05, 0.1) is 19.4 Å². The van der Waals surface area contributed by atoms with Crippen molar-refractivity contribution in [2.45, 2.75) is 39.2 Å². The second-order valence-corrected chi connectivity index (χ2v) is 5.26. The molecule has 0 fully saturated rings. The smallest absolute Gasteiger partial charge is 0.144 e. The molecule has 114 valence electrons. The number of nitrogens with zero attached hydrogens (tertiary/aromatic N) is 3. The van der Waals surface area contributed by atoms with Crippen LogP contribution in [-0.4, -0.2) is 27.2 Å². The van der Waals surface area contributed by atoms with Gasteiger partial charge in [0.1, 0.15) is 17.1 Å². The number of hydrogen-bond acceptors (Lipinski definition) is 4. The van der Waals surface area contributed by atoms with E-state index in [1.165, 1.54) is 0 Å². The number of rotatable bonds is 6. The molecule has 0 unspecified atom stereocenters. The van der Waals surface area contributed by atoms with Crippen LogP contribution in [0.1, 0.15) is 44.0 Å². The van der Waals surface area contributed by atoms with Crippen molar-refractivity contribution in [3.8, 4) is 11.4 Å². The molecule has 1 heterocycles. The largest absolute Gasteiger partial charge is 0.494 e. The third kappa shape index (κ3) is 3.04. The van der Waals surface area contributed by atoms with Crippen LogP contribution in [0.25, 0.3) is 5.69 Å². The first-order valence-electron chi connectivity index (χ1n) is 7.05. The predicted molar refractivity (Wildman–Crippen MR) is 82.2 cm³/mol. The maximum absolute atomic E-state index is 9.53. The normalized spacial score (nSPS) is 11.1. The molecule has 2 aromatic rings. The van der Waals surface area contributed by atoms with Crippen molar-refractivity contribution in [1.82, 2.24) is 15.0 Å². The van der Waals surface area contributed by atoms with Crippen LogP contribution >= 0.6 is 11.6 Å². The second-order valence-electron chi connectivity index (χ2n) is 4.82. The highest BCUT2D eigenvalue weighted by atomic mass is 35.5. The van der Waals surface area contributed by atoms with Gasteiger partial charge in [-0.3, -0.25) is 0 Å². The number of aromatic nitrogens is 3. The molecule has 0 aliphatic rings. The summed E-state index contributed by atoms with van der Waals surface area (Å²) in [6.45, 7) is 4.10. The minimum absolute atomic E-state index is 0.130.